The van der Waals surface area contributed by atoms with Gasteiger partial charge in [-0.2, -0.15) is 13.2 Å². The molecule has 2 aliphatic heterocycles. The van der Waals surface area contributed by atoms with E-state index < -0.39 is 12.1 Å². The first-order valence-corrected chi connectivity index (χ1v) is 9.76. The van der Waals surface area contributed by atoms with Crippen molar-refractivity contribution < 1.29 is 22.8 Å². The minimum atomic E-state index is -4.86. The minimum absolute atomic E-state index is 0.0528. The number of carbonyl (C=O) groups excluding carboxylic acids is 2. The summed E-state index contributed by atoms with van der Waals surface area (Å²) in [6.45, 7) is 4.22. The predicted octanol–water partition coefficient (Wildman–Crippen LogP) is 3.66. The van der Waals surface area contributed by atoms with Crippen LogP contribution in [-0.2, 0) is 9.59 Å². The summed E-state index contributed by atoms with van der Waals surface area (Å²) in [5.74, 6) is -1.67. The van der Waals surface area contributed by atoms with Gasteiger partial charge in [-0.05, 0) is 55.9 Å². The maximum absolute atomic E-state index is 12.5. The maximum Gasteiger partial charge on any atom is 0.471 e. The first kappa shape index (κ1) is 20.5. The number of alkyl halides is 3. The summed E-state index contributed by atoms with van der Waals surface area (Å²) < 4.78 is 37.5. The molecule has 0 atom stereocenters. The van der Waals surface area contributed by atoms with E-state index in [1.807, 2.05) is 24.3 Å². The molecule has 1 aromatic carbocycles. The van der Waals surface area contributed by atoms with Gasteiger partial charge in [-0.25, -0.2) is 0 Å². The number of nitrogens with zero attached hydrogens (tertiary/aromatic N) is 2. The van der Waals surface area contributed by atoms with E-state index in [1.165, 1.54) is 12.8 Å². The number of likely N-dealkylation sites (tertiary alicyclic amines) is 1. The van der Waals surface area contributed by atoms with Crippen LogP contribution in [0.1, 0.15) is 32.6 Å². The molecule has 0 radical (unpaired) electrons. The summed E-state index contributed by atoms with van der Waals surface area (Å²) in [6.07, 6.45) is -2.04. The molecule has 5 nitrogen and oxygen atoms in total. The summed E-state index contributed by atoms with van der Waals surface area (Å²) in [7, 11) is 0. The number of nitrogens with one attached hydrogen (secondary N) is 1. The third-order valence-corrected chi connectivity index (χ3v) is 5.68. The molecule has 1 aromatic rings. The van der Waals surface area contributed by atoms with Gasteiger partial charge in [0, 0.05) is 43.5 Å². The molecule has 0 aromatic heterocycles. The van der Waals surface area contributed by atoms with Crippen LogP contribution >= 0.6 is 0 Å². The number of carbonyl (C=O) groups is 2. The van der Waals surface area contributed by atoms with Crippen LogP contribution in [0.4, 0.5) is 24.5 Å². The Morgan fingerprint density at radius 2 is 1.54 bits per heavy atom. The number of hydrogen-bond donors (Lipinski definition) is 1. The number of anilines is 2. The molecule has 1 N–H and O–H groups in total. The number of amides is 2. The number of hydrogen-bond acceptors (Lipinski definition) is 3. The number of rotatable bonds is 3. The van der Waals surface area contributed by atoms with E-state index in [9.17, 15) is 22.8 Å². The molecule has 28 heavy (non-hydrogen) atoms. The Hall–Kier alpha value is -2.25. The lowest BCUT2D eigenvalue weighted by molar-refractivity contribution is -0.186. The Kier molecular flexibility index (Phi) is 6.15. The van der Waals surface area contributed by atoms with Gasteiger partial charge in [0.2, 0.25) is 5.91 Å². The van der Waals surface area contributed by atoms with E-state index in [0.29, 0.717) is 5.69 Å². The monoisotopic (exact) mass is 397 g/mol. The molecule has 0 unspecified atom stereocenters. The summed E-state index contributed by atoms with van der Waals surface area (Å²) in [5, 5.41) is 2.84. The van der Waals surface area contributed by atoms with E-state index in [1.54, 1.807) is 0 Å². The average molecular weight is 397 g/mol. The molecule has 2 aliphatic rings. The largest absolute Gasteiger partial charge is 0.471 e. The number of halogens is 3. The lowest BCUT2D eigenvalue weighted by atomic mass is 9.95. The Balaban J connectivity index is 1.49. The second kappa shape index (κ2) is 8.41. The van der Waals surface area contributed by atoms with E-state index in [4.69, 9.17) is 0 Å². The molecule has 0 bridgehead atoms. The predicted molar refractivity (Wildman–Crippen MR) is 101 cm³/mol. The zero-order valence-corrected chi connectivity index (χ0v) is 16.0. The van der Waals surface area contributed by atoms with Crippen molar-refractivity contribution >= 4 is 23.2 Å². The van der Waals surface area contributed by atoms with Crippen LogP contribution in [0.25, 0.3) is 0 Å². The van der Waals surface area contributed by atoms with Gasteiger partial charge in [0.25, 0.3) is 0 Å². The molecular formula is C20H26F3N3O2. The fourth-order valence-corrected chi connectivity index (χ4v) is 3.79. The zero-order chi connectivity index (χ0) is 20.3. The average Bonchev–Trinajstić information content (AvgIpc) is 2.68. The normalized spacial score (nSPS) is 19.6. The summed E-state index contributed by atoms with van der Waals surface area (Å²) >= 11 is 0. The van der Waals surface area contributed by atoms with E-state index >= 15 is 0 Å². The fraction of sp³-hybridized carbons (Fsp3) is 0.600. The third kappa shape index (κ3) is 4.97. The van der Waals surface area contributed by atoms with Crippen molar-refractivity contribution in [2.45, 2.75) is 38.8 Å². The molecular weight excluding hydrogens is 371 g/mol. The van der Waals surface area contributed by atoms with Gasteiger partial charge >= 0.3 is 12.1 Å². The molecule has 2 saturated heterocycles. The van der Waals surface area contributed by atoms with Crippen molar-refractivity contribution in [1.82, 2.24) is 4.90 Å². The SMILES string of the molecule is CC1CCN(c2ccc(NC(=O)C3CCN(C(=O)C(F)(F)F)CC3)cc2)CC1. The molecule has 2 heterocycles. The molecule has 2 amide bonds. The van der Waals surface area contributed by atoms with Crippen LogP contribution in [0.2, 0.25) is 0 Å². The van der Waals surface area contributed by atoms with Gasteiger partial charge in [-0.15, -0.1) is 0 Å². The Bertz CT molecular complexity index is 690. The van der Waals surface area contributed by atoms with E-state index in [2.05, 4.69) is 17.1 Å². The summed E-state index contributed by atoms with van der Waals surface area (Å²) in [5.41, 5.74) is 1.80. The molecule has 0 saturated carbocycles. The minimum Gasteiger partial charge on any atom is -0.372 e. The second-order valence-electron chi connectivity index (χ2n) is 7.77. The lowest BCUT2D eigenvalue weighted by Gasteiger charge is -2.32. The van der Waals surface area contributed by atoms with Crippen molar-refractivity contribution in [2.75, 3.05) is 36.4 Å². The molecule has 0 spiro atoms. The summed E-state index contributed by atoms with van der Waals surface area (Å²) in [6, 6.07) is 7.67. The van der Waals surface area contributed by atoms with Crippen molar-refractivity contribution in [3.8, 4) is 0 Å². The zero-order valence-electron chi connectivity index (χ0n) is 16.0. The van der Waals surface area contributed by atoms with Gasteiger partial charge in [0.05, 0.1) is 0 Å². The smallest absolute Gasteiger partial charge is 0.372 e. The Morgan fingerprint density at radius 1 is 0.964 bits per heavy atom. The maximum atomic E-state index is 12.5. The van der Waals surface area contributed by atoms with Gasteiger partial charge in [-0.3, -0.25) is 9.59 Å². The molecule has 2 fully saturated rings. The molecule has 154 valence electrons. The molecule has 3 rings (SSSR count). The standard InChI is InChI=1S/C20H26F3N3O2/c1-14-6-10-25(11-7-14)17-4-2-16(3-5-17)24-18(27)15-8-12-26(13-9-15)19(28)20(21,22)23/h2-5,14-15H,6-13H2,1H3,(H,24,27). The first-order valence-electron chi connectivity index (χ1n) is 9.76. The molecule has 0 aliphatic carbocycles. The number of benzene rings is 1. The lowest BCUT2D eigenvalue weighted by Crippen LogP contribution is -2.46. The van der Waals surface area contributed by atoms with Crippen LogP contribution in [-0.4, -0.2) is 49.1 Å². The Labute approximate surface area is 162 Å². The highest BCUT2D eigenvalue weighted by Crippen LogP contribution is 2.26. The van der Waals surface area contributed by atoms with E-state index in [0.717, 1.165) is 29.6 Å². The van der Waals surface area contributed by atoms with Crippen LogP contribution < -0.4 is 10.2 Å². The van der Waals surface area contributed by atoms with Crippen molar-refractivity contribution in [1.29, 1.82) is 0 Å². The second-order valence-corrected chi connectivity index (χ2v) is 7.77. The van der Waals surface area contributed by atoms with E-state index in [-0.39, 0.29) is 37.8 Å². The topological polar surface area (TPSA) is 52.7 Å². The third-order valence-electron chi connectivity index (χ3n) is 5.68. The fourth-order valence-electron chi connectivity index (χ4n) is 3.79. The van der Waals surface area contributed by atoms with Gasteiger partial charge in [0.1, 0.15) is 0 Å². The van der Waals surface area contributed by atoms with Gasteiger partial charge in [0.15, 0.2) is 0 Å². The van der Waals surface area contributed by atoms with Crippen LogP contribution in [0, 0.1) is 11.8 Å². The van der Waals surface area contributed by atoms with Crippen molar-refractivity contribution in [3.63, 3.8) is 0 Å². The molecule has 8 heteroatoms. The van der Waals surface area contributed by atoms with Crippen molar-refractivity contribution in [3.05, 3.63) is 24.3 Å². The summed E-state index contributed by atoms with van der Waals surface area (Å²) in [4.78, 5) is 26.8. The van der Waals surface area contributed by atoms with Crippen LogP contribution in [0.3, 0.4) is 0 Å². The quantitative estimate of drug-likeness (QED) is 0.847. The van der Waals surface area contributed by atoms with Crippen LogP contribution in [0.15, 0.2) is 24.3 Å². The van der Waals surface area contributed by atoms with Crippen molar-refractivity contribution in [2.24, 2.45) is 11.8 Å². The highest BCUT2D eigenvalue weighted by molar-refractivity contribution is 5.93. The Morgan fingerprint density at radius 3 is 2.07 bits per heavy atom. The van der Waals surface area contributed by atoms with Gasteiger partial charge in [-0.1, -0.05) is 6.92 Å². The first-order chi connectivity index (χ1) is 13.2. The highest BCUT2D eigenvalue weighted by atomic mass is 19.4. The number of piperidine rings is 2. The highest BCUT2D eigenvalue weighted by Gasteiger charge is 2.43. The van der Waals surface area contributed by atoms with Crippen LogP contribution in [0.5, 0.6) is 0 Å². The van der Waals surface area contributed by atoms with Gasteiger partial charge < -0.3 is 15.1 Å².